The molecule has 5 heteroatoms. The summed E-state index contributed by atoms with van der Waals surface area (Å²) in [5.74, 6) is 0.662. The lowest BCUT2D eigenvalue weighted by atomic mass is 9.88. The molecule has 2 aliphatic rings. The Balaban J connectivity index is 1.56. The topological polar surface area (TPSA) is 49.9 Å². The van der Waals surface area contributed by atoms with Crippen LogP contribution >= 0.6 is 0 Å². The van der Waals surface area contributed by atoms with Gasteiger partial charge in [0.15, 0.2) is 0 Å². The predicted octanol–water partition coefficient (Wildman–Crippen LogP) is 2.41. The van der Waals surface area contributed by atoms with Crippen LogP contribution < -0.4 is 0 Å². The molecule has 0 bridgehead atoms. The molecule has 2 atom stereocenters. The molecule has 0 spiro atoms. The molecular formula is C21H30N2O3. The number of benzene rings is 1. The van der Waals surface area contributed by atoms with Crippen molar-refractivity contribution in [3.8, 4) is 0 Å². The Kier molecular flexibility index (Phi) is 6.30. The summed E-state index contributed by atoms with van der Waals surface area (Å²) in [6.07, 6.45) is 3.98. The first-order valence-electron chi connectivity index (χ1n) is 9.70. The molecular weight excluding hydrogens is 328 g/mol. The monoisotopic (exact) mass is 358 g/mol. The van der Waals surface area contributed by atoms with Crippen LogP contribution in [0.2, 0.25) is 0 Å². The van der Waals surface area contributed by atoms with Gasteiger partial charge in [-0.05, 0) is 31.7 Å². The van der Waals surface area contributed by atoms with Crippen LogP contribution in [-0.2, 0) is 20.7 Å². The molecule has 0 saturated carbocycles. The molecule has 0 aliphatic carbocycles. The summed E-state index contributed by atoms with van der Waals surface area (Å²) in [6, 6.07) is 8.61. The minimum atomic E-state index is 0.160. The van der Waals surface area contributed by atoms with Crippen molar-refractivity contribution in [2.24, 2.45) is 5.92 Å². The molecule has 1 aromatic carbocycles. The highest BCUT2D eigenvalue weighted by Gasteiger charge is 2.32. The first kappa shape index (κ1) is 18.9. The van der Waals surface area contributed by atoms with Gasteiger partial charge in [-0.2, -0.15) is 0 Å². The van der Waals surface area contributed by atoms with Crippen LogP contribution in [0.5, 0.6) is 0 Å². The average molecular weight is 358 g/mol. The number of aryl methyl sites for hydroxylation is 1. The smallest absolute Gasteiger partial charge is 0.224 e. The highest BCUT2D eigenvalue weighted by atomic mass is 16.5. The van der Waals surface area contributed by atoms with Gasteiger partial charge in [0.25, 0.3) is 0 Å². The third-order valence-corrected chi connectivity index (χ3v) is 5.71. The van der Waals surface area contributed by atoms with Gasteiger partial charge in [0.2, 0.25) is 11.8 Å². The van der Waals surface area contributed by atoms with E-state index in [-0.39, 0.29) is 17.9 Å². The van der Waals surface area contributed by atoms with Crippen LogP contribution in [0.1, 0.15) is 36.8 Å². The van der Waals surface area contributed by atoms with E-state index >= 15 is 0 Å². The van der Waals surface area contributed by atoms with Crippen molar-refractivity contribution in [2.45, 2.75) is 45.1 Å². The van der Waals surface area contributed by atoms with Crippen molar-refractivity contribution in [1.82, 2.24) is 9.80 Å². The third kappa shape index (κ3) is 4.64. The number of piperidine rings is 1. The van der Waals surface area contributed by atoms with E-state index in [2.05, 4.69) is 31.2 Å². The van der Waals surface area contributed by atoms with Crippen LogP contribution in [-0.4, -0.2) is 61.0 Å². The fourth-order valence-corrected chi connectivity index (χ4v) is 4.10. The fourth-order valence-electron chi connectivity index (χ4n) is 4.10. The van der Waals surface area contributed by atoms with Gasteiger partial charge in [0, 0.05) is 52.0 Å². The number of carbonyl (C=O) groups excluding carboxylic acids is 2. The Labute approximate surface area is 156 Å². The van der Waals surface area contributed by atoms with E-state index in [9.17, 15) is 9.59 Å². The number of ether oxygens (including phenoxy) is 1. The zero-order valence-electron chi connectivity index (χ0n) is 15.9. The highest BCUT2D eigenvalue weighted by Crippen LogP contribution is 2.24. The molecule has 0 radical (unpaired) electrons. The summed E-state index contributed by atoms with van der Waals surface area (Å²) < 4.78 is 5.69. The fraction of sp³-hybridized carbons (Fsp3) is 0.619. The first-order valence-corrected chi connectivity index (χ1v) is 9.70. The maximum absolute atomic E-state index is 12.6. The molecule has 2 amide bonds. The second-order valence-corrected chi connectivity index (χ2v) is 7.59. The lowest BCUT2D eigenvalue weighted by molar-refractivity contribution is -0.136. The largest absolute Gasteiger partial charge is 0.381 e. The molecule has 0 unspecified atom stereocenters. The van der Waals surface area contributed by atoms with E-state index in [4.69, 9.17) is 4.74 Å². The van der Waals surface area contributed by atoms with Crippen LogP contribution in [0.3, 0.4) is 0 Å². The number of hydrogen-bond donors (Lipinski definition) is 0. The van der Waals surface area contributed by atoms with Crippen LogP contribution in [0.25, 0.3) is 0 Å². The number of carbonyl (C=O) groups is 2. The minimum Gasteiger partial charge on any atom is -0.381 e. The van der Waals surface area contributed by atoms with Gasteiger partial charge < -0.3 is 14.5 Å². The van der Waals surface area contributed by atoms with Gasteiger partial charge in [-0.1, -0.05) is 29.8 Å². The maximum Gasteiger partial charge on any atom is 0.224 e. The standard InChI is InChI=1S/C21H30N2O3/c1-16-5-7-17(8-6-16)14-18-15-23(12-9-19(18)26-2)21(25)10-13-22-11-3-4-20(22)24/h5-8,18-19H,3-4,9-15H2,1-2H3/t18-,19-/m1/s1. The van der Waals surface area contributed by atoms with Crippen molar-refractivity contribution in [3.63, 3.8) is 0 Å². The van der Waals surface area contributed by atoms with E-state index in [1.54, 1.807) is 7.11 Å². The Bertz CT molecular complexity index is 629. The Hall–Kier alpha value is -1.88. The van der Waals surface area contributed by atoms with E-state index in [1.807, 2.05) is 9.80 Å². The maximum atomic E-state index is 12.6. The Morgan fingerprint density at radius 2 is 2.00 bits per heavy atom. The summed E-state index contributed by atoms with van der Waals surface area (Å²) >= 11 is 0. The second-order valence-electron chi connectivity index (χ2n) is 7.59. The Morgan fingerprint density at radius 1 is 1.23 bits per heavy atom. The normalized spacial score (nSPS) is 23.5. The number of hydrogen-bond acceptors (Lipinski definition) is 3. The van der Waals surface area contributed by atoms with Gasteiger partial charge in [0.05, 0.1) is 6.10 Å². The molecule has 5 nitrogen and oxygen atoms in total. The number of methoxy groups -OCH3 is 1. The summed E-state index contributed by atoms with van der Waals surface area (Å²) in [6.45, 7) is 4.93. The van der Waals surface area contributed by atoms with E-state index < -0.39 is 0 Å². The molecule has 142 valence electrons. The molecule has 2 fully saturated rings. The lowest BCUT2D eigenvalue weighted by Crippen LogP contribution is -2.48. The molecule has 26 heavy (non-hydrogen) atoms. The van der Waals surface area contributed by atoms with Gasteiger partial charge in [0.1, 0.15) is 0 Å². The van der Waals surface area contributed by atoms with E-state index in [0.717, 1.165) is 38.9 Å². The highest BCUT2D eigenvalue weighted by molar-refractivity contribution is 5.80. The van der Waals surface area contributed by atoms with Gasteiger partial charge in [-0.25, -0.2) is 0 Å². The minimum absolute atomic E-state index is 0.160. The van der Waals surface area contributed by atoms with E-state index in [1.165, 1.54) is 11.1 Å². The molecule has 1 aromatic rings. The molecule has 0 aromatic heterocycles. The lowest BCUT2D eigenvalue weighted by Gasteiger charge is -2.38. The average Bonchev–Trinajstić information content (AvgIpc) is 3.06. The van der Waals surface area contributed by atoms with Crippen LogP contribution in [0.15, 0.2) is 24.3 Å². The predicted molar refractivity (Wildman–Crippen MR) is 101 cm³/mol. The molecule has 2 heterocycles. The summed E-state index contributed by atoms with van der Waals surface area (Å²) in [7, 11) is 1.77. The zero-order valence-corrected chi connectivity index (χ0v) is 15.9. The number of nitrogens with zero attached hydrogens (tertiary/aromatic N) is 2. The van der Waals surface area contributed by atoms with Crippen molar-refractivity contribution in [1.29, 1.82) is 0 Å². The number of amides is 2. The van der Waals surface area contributed by atoms with Gasteiger partial charge in [-0.3, -0.25) is 9.59 Å². The van der Waals surface area contributed by atoms with Crippen molar-refractivity contribution in [3.05, 3.63) is 35.4 Å². The molecule has 2 aliphatic heterocycles. The van der Waals surface area contributed by atoms with Gasteiger partial charge in [-0.15, -0.1) is 0 Å². The van der Waals surface area contributed by atoms with Crippen molar-refractivity contribution in [2.75, 3.05) is 33.3 Å². The number of likely N-dealkylation sites (tertiary alicyclic amines) is 2. The quantitative estimate of drug-likeness (QED) is 0.785. The molecule has 0 N–H and O–H groups in total. The summed E-state index contributed by atoms with van der Waals surface area (Å²) in [4.78, 5) is 28.1. The zero-order chi connectivity index (χ0) is 18.5. The first-order chi connectivity index (χ1) is 12.6. The number of rotatable bonds is 6. The molecule has 2 saturated heterocycles. The summed E-state index contributed by atoms with van der Waals surface area (Å²) in [5.41, 5.74) is 2.55. The van der Waals surface area contributed by atoms with Crippen LogP contribution in [0.4, 0.5) is 0 Å². The second kappa shape index (κ2) is 8.67. The summed E-state index contributed by atoms with van der Waals surface area (Å²) in [5, 5.41) is 0. The van der Waals surface area contributed by atoms with Crippen molar-refractivity contribution >= 4 is 11.8 Å². The van der Waals surface area contributed by atoms with Gasteiger partial charge >= 0.3 is 0 Å². The Morgan fingerprint density at radius 3 is 2.65 bits per heavy atom. The van der Waals surface area contributed by atoms with Crippen molar-refractivity contribution < 1.29 is 14.3 Å². The molecule has 3 rings (SSSR count). The van der Waals surface area contributed by atoms with E-state index in [0.29, 0.717) is 25.3 Å². The van der Waals surface area contributed by atoms with Crippen LogP contribution in [0, 0.1) is 12.8 Å². The third-order valence-electron chi connectivity index (χ3n) is 5.71. The SMILES string of the molecule is CO[C@@H]1CCN(C(=O)CCN2CCCC2=O)C[C@H]1Cc1ccc(C)cc1.